The van der Waals surface area contributed by atoms with Gasteiger partial charge in [0, 0.05) is 29.8 Å². The molecule has 22 heavy (non-hydrogen) atoms. The summed E-state index contributed by atoms with van der Waals surface area (Å²) in [7, 11) is 0. The van der Waals surface area contributed by atoms with Gasteiger partial charge in [0.2, 0.25) is 11.0 Å². The Morgan fingerprint density at radius 2 is 2.41 bits per heavy atom. The number of nitrogens with zero attached hydrogens (tertiary/aromatic N) is 4. The Balaban J connectivity index is 1.39. The Bertz CT molecular complexity index is 786. The van der Waals surface area contributed by atoms with Crippen LogP contribution in [0.15, 0.2) is 29.9 Å². The maximum atomic E-state index is 12.1. The molecule has 0 aliphatic heterocycles. The predicted octanol–water partition coefficient (Wildman–Crippen LogP) is 2.11. The van der Waals surface area contributed by atoms with Crippen LogP contribution >= 0.6 is 11.3 Å². The molecule has 0 radical (unpaired) electrons. The molecule has 1 aliphatic rings. The maximum absolute atomic E-state index is 12.1. The Morgan fingerprint density at radius 1 is 1.50 bits per heavy atom. The van der Waals surface area contributed by atoms with E-state index in [0.717, 1.165) is 10.8 Å². The van der Waals surface area contributed by atoms with Gasteiger partial charge >= 0.3 is 0 Å². The third-order valence-electron chi connectivity index (χ3n) is 3.47. The lowest BCUT2D eigenvalue weighted by Crippen LogP contribution is -2.15. The lowest BCUT2D eigenvalue weighted by molar-refractivity contribution is -0.115. The van der Waals surface area contributed by atoms with Gasteiger partial charge in [-0.25, -0.2) is 9.67 Å². The number of nitrogens with one attached hydrogen (secondary N) is 2. The monoisotopic (exact) mass is 314 g/mol. The SMILES string of the molecule is O=C(Cc1ccn(-c2nccs2)n1)Nc1cc(C2CC2)n[nH]1. The maximum Gasteiger partial charge on any atom is 0.231 e. The number of aromatic amines is 1. The van der Waals surface area contributed by atoms with Gasteiger partial charge in [-0.3, -0.25) is 9.89 Å². The molecule has 1 amide bonds. The fourth-order valence-electron chi connectivity index (χ4n) is 2.24. The number of carbonyl (C=O) groups excluding carboxylic acids is 1. The summed E-state index contributed by atoms with van der Waals surface area (Å²) in [6.07, 6.45) is 6.13. The zero-order valence-electron chi connectivity index (χ0n) is 11.7. The summed E-state index contributed by atoms with van der Waals surface area (Å²) in [6.45, 7) is 0. The van der Waals surface area contributed by atoms with Gasteiger partial charge in [0.25, 0.3) is 0 Å². The zero-order valence-corrected chi connectivity index (χ0v) is 12.5. The molecule has 1 aliphatic carbocycles. The number of carbonyl (C=O) groups is 1. The van der Waals surface area contributed by atoms with Gasteiger partial charge in [-0.1, -0.05) is 0 Å². The largest absolute Gasteiger partial charge is 0.311 e. The van der Waals surface area contributed by atoms with Gasteiger partial charge in [-0.05, 0) is 18.9 Å². The molecule has 3 aromatic rings. The lowest BCUT2D eigenvalue weighted by Gasteiger charge is -2.00. The van der Waals surface area contributed by atoms with E-state index in [-0.39, 0.29) is 12.3 Å². The molecule has 8 heteroatoms. The molecule has 1 saturated carbocycles. The second-order valence-electron chi connectivity index (χ2n) is 5.27. The minimum Gasteiger partial charge on any atom is -0.311 e. The second kappa shape index (κ2) is 5.38. The van der Waals surface area contributed by atoms with Crippen molar-refractivity contribution in [1.82, 2.24) is 25.0 Å². The molecule has 0 bridgehead atoms. The van der Waals surface area contributed by atoms with Crippen molar-refractivity contribution in [3.8, 4) is 5.13 Å². The van der Waals surface area contributed by atoms with Crippen molar-refractivity contribution in [2.75, 3.05) is 5.32 Å². The quantitative estimate of drug-likeness (QED) is 0.755. The fourth-order valence-corrected chi connectivity index (χ4v) is 2.81. The molecule has 2 N–H and O–H groups in total. The highest BCUT2D eigenvalue weighted by Crippen LogP contribution is 2.39. The highest BCUT2D eigenvalue weighted by molar-refractivity contribution is 7.12. The van der Waals surface area contributed by atoms with Gasteiger partial charge in [0.05, 0.1) is 17.8 Å². The molecular formula is C14H14N6OS. The Morgan fingerprint density at radius 3 is 3.18 bits per heavy atom. The molecule has 3 aromatic heterocycles. The molecule has 0 spiro atoms. The van der Waals surface area contributed by atoms with Crippen LogP contribution in [-0.4, -0.2) is 30.9 Å². The number of thiazole rings is 1. The summed E-state index contributed by atoms with van der Waals surface area (Å²) < 4.78 is 1.68. The summed E-state index contributed by atoms with van der Waals surface area (Å²) in [6, 6.07) is 3.73. The molecule has 1 fully saturated rings. The first kappa shape index (κ1) is 13.2. The van der Waals surface area contributed by atoms with Crippen molar-refractivity contribution in [2.24, 2.45) is 0 Å². The topological polar surface area (TPSA) is 88.5 Å². The van der Waals surface area contributed by atoms with E-state index in [2.05, 4.69) is 25.6 Å². The van der Waals surface area contributed by atoms with Crippen molar-refractivity contribution >= 4 is 23.1 Å². The van der Waals surface area contributed by atoms with Crippen LogP contribution in [0.3, 0.4) is 0 Å². The summed E-state index contributed by atoms with van der Waals surface area (Å²) in [5.41, 5.74) is 1.73. The molecule has 0 aromatic carbocycles. The summed E-state index contributed by atoms with van der Waals surface area (Å²) in [5, 5.41) is 16.9. The van der Waals surface area contributed by atoms with Crippen LogP contribution in [0, 0.1) is 0 Å². The lowest BCUT2D eigenvalue weighted by atomic mass is 10.3. The second-order valence-corrected chi connectivity index (χ2v) is 6.15. The predicted molar refractivity (Wildman–Crippen MR) is 82.1 cm³/mol. The first-order chi connectivity index (χ1) is 10.8. The summed E-state index contributed by atoms with van der Waals surface area (Å²) in [5.74, 6) is 1.09. The number of hydrogen-bond acceptors (Lipinski definition) is 5. The van der Waals surface area contributed by atoms with E-state index in [1.165, 1.54) is 24.2 Å². The van der Waals surface area contributed by atoms with E-state index in [0.29, 0.717) is 17.4 Å². The Labute approximate surface area is 130 Å². The first-order valence-corrected chi connectivity index (χ1v) is 7.95. The highest BCUT2D eigenvalue weighted by Gasteiger charge is 2.26. The number of H-pyrrole nitrogens is 1. The summed E-state index contributed by atoms with van der Waals surface area (Å²) in [4.78, 5) is 16.2. The average molecular weight is 314 g/mol. The number of rotatable bonds is 5. The van der Waals surface area contributed by atoms with Crippen molar-refractivity contribution < 1.29 is 4.79 Å². The zero-order chi connectivity index (χ0) is 14.9. The third-order valence-corrected chi connectivity index (χ3v) is 4.23. The van der Waals surface area contributed by atoms with E-state index in [4.69, 9.17) is 0 Å². The average Bonchev–Trinajstić information content (AvgIpc) is 2.95. The summed E-state index contributed by atoms with van der Waals surface area (Å²) >= 11 is 1.50. The van der Waals surface area contributed by atoms with Gasteiger partial charge in [0.1, 0.15) is 5.82 Å². The molecule has 0 atom stereocenters. The van der Waals surface area contributed by atoms with Crippen LogP contribution in [0.2, 0.25) is 0 Å². The standard InChI is InChI=1S/C14H14N6OS/c21-13(16-12-8-11(17-18-12)9-1-2-9)7-10-3-5-20(19-10)14-15-4-6-22-14/h3-6,8-9H,1-2,7H2,(H2,16,17,18,21). The van der Waals surface area contributed by atoms with Crippen molar-refractivity contribution in [2.45, 2.75) is 25.2 Å². The molecule has 7 nitrogen and oxygen atoms in total. The smallest absolute Gasteiger partial charge is 0.231 e. The molecule has 0 unspecified atom stereocenters. The number of amides is 1. The molecule has 0 saturated heterocycles. The van der Waals surface area contributed by atoms with Crippen LogP contribution in [0.5, 0.6) is 0 Å². The number of aromatic nitrogens is 5. The van der Waals surface area contributed by atoms with Crippen LogP contribution in [0.1, 0.15) is 30.1 Å². The fraction of sp³-hybridized carbons (Fsp3) is 0.286. The molecule has 4 rings (SSSR count). The molecule has 112 valence electrons. The van der Waals surface area contributed by atoms with Crippen molar-refractivity contribution in [3.05, 3.63) is 41.3 Å². The first-order valence-electron chi connectivity index (χ1n) is 7.07. The van der Waals surface area contributed by atoms with Gasteiger partial charge in [0.15, 0.2) is 0 Å². The van der Waals surface area contributed by atoms with Gasteiger partial charge in [-0.2, -0.15) is 10.2 Å². The van der Waals surface area contributed by atoms with E-state index in [9.17, 15) is 4.79 Å². The normalized spacial score (nSPS) is 14.2. The molecular weight excluding hydrogens is 300 g/mol. The molecule has 3 heterocycles. The van der Waals surface area contributed by atoms with E-state index < -0.39 is 0 Å². The van der Waals surface area contributed by atoms with Crippen molar-refractivity contribution in [3.63, 3.8) is 0 Å². The minimum absolute atomic E-state index is 0.115. The van der Waals surface area contributed by atoms with Crippen LogP contribution in [-0.2, 0) is 11.2 Å². The van der Waals surface area contributed by atoms with Gasteiger partial charge < -0.3 is 5.32 Å². The van der Waals surface area contributed by atoms with Crippen LogP contribution < -0.4 is 5.32 Å². The van der Waals surface area contributed by atoms with E-state index in [1.807, 2.05) is 23.7 Å². The number of hydrogen-bond donors (Lipinski definition) is 2. The van der Waals surface area contributed by atoms with Gasteiger partial charge in [-0.15, -0.1) is 11.3 Å². The minimum atomic E-state index is -0.115. The Kier molecular flexibility index (Phi) is 3.23. The Hall–Kier alpha value is -2.48. The van der Waals surface area contributed by atoms with E-state index >= 15 is 0 Å². The van der Waals surface area contributed by atoms with E-state index in [1.54, 1.807) is 10.9 Å². The van der Waals surface area contributed by atoms with Crippen LogP contribution in [0.4, 0.5) is 5.82 Å². The van der Waals surface area contributed by atoms with Crippen LogP contribution in [0.25, 0.3) is 5.13 Å². The van der Waals surface area contributed by atoms with Crippen molar-refractivity contribution in [1.29, 1.82) is 0 Å². The third kappa shape index (κ3) is 2.77. The number of anilines is 1. The highest BCUT2D eigenvalue weighted by atomic mass is 32.1.